The number of hydrogen-bond donors (Lipinski definition) is 3. The van der Waals surface area contributed by atoms with E-state index in [2.05, 4.69) is 15.6 Å². The standard InChI is InChI=1S/C42H50FN5O10S/c1-41(2,3)57-39(52)48(40(53)58-42(4,5)6)47(30-13-9-27-23-45-24-33(43)32(27)21-30)37(38(50)51)26-10-16-34(56-8)25(19-26)11-18-36(49)46-29-12-17-35(28(20-29)22-44-7)59(54,55)31-14-15-31/h9-10,12-13,16-17,19-21,23-24,31,37,44H,11,14-15,18,22H2,1-8H3,(H,46,49)(H,50,51). The number of carboxylic acid groups (broad SMARTS) is 1. The molecule has 3 N–H and O–H groups in total. The first-order chi connectivity index (χ1) is 27.6. The molecular formula is C42H50FN5O10S. The lowest BCUT2D eigenvalue weighted by Gasteiger charge is -2.39. The van der Waals surface area contributed by atoms with Gasteiger partial charge in [-0.05, 0) is 127 Å². The summed E-state index contributed by atoms with van der Waals surface area (Å²) in [6.07, 6.45) is 1.01. The maximum atomic E-state index is 15.2. The van der Waals surface area contributed by atoms with E-state index in [4.69, 9.17) is 14.2 Å². The SMILES string of the molecule is CNCc1cc(NC(=O)CCc2cc(C(C(=O)O)N(c3ccc4cncc(F)c4c3)N(C(=O)OC(C)(C)C)C(=O)OC(C)(C)C)ccc2OC)ccc1S(=O)(=O)C1CC1. The van der Waals surface area contributed by atoms with E-state index >= 15 is 4.39 Å². The number of ether oxygens (including phenoxy) is 3. The Kier molecular flexibility index (Phi) is 13.2. The summed E-state index contributed by atoms with van der Waals surface area (Å²) in [6.45, 7) is 9.67. The Bertz CT molecular complexity index is 2330. The summed E-state index contributed by atoms with van der Waals surface area (Å²) >= 11 is 0. The van der Waals surface area contributed by atoms with Crippen LogP contribution >= 0.6 is 0 Å². The number of fused-ring (bicyclic) bond motifs is 1. The summed E-state index contributed by atoms with van der Waals surface area (Å²) < 4.78 is 58.1. The second-order valence-electron chi connectivity index (χ2n) is 16.1. The first-order valence-electron chi connectivity index (χ1n) is 18.9. The highest BCUT2D eigenvalue weighted by Crippen LogP contribution is 2.37. The maximum Gasteiger partial charge on any atom is 0.439 e. The van der Waals surface area contributed by atoms with Crippen molar-refractivity contribution in [2.24, 2.45) is 0 Å². The quantitative estimate of drug-likeness (QED) is 0.107. The molecule has 0 saturated heterocycles. The number of aryl methyl sites for hydroxylation is 1. The highest BCUT2D eigenvalue weighted by atomic mass is 32.2. The molecule has 316 valence electrons. The highest BCUT2D eigenvalue weighted by molar-refractivity contribution is 7.92. The van der Waals surface area contributed by atoms with E-state index in [1.165, 1.54) is 61.8 Å². The van der Waals surface area contributed by atoms with Crippen molar-refractivity contribution >= 4 is 56.0 Å². The van der Waals surface area contributed by atoms with E-state index in [0.717, 1.165) is 11.2 Å². The van der Waals surface area contributed by atoms with Crippen LogP contribution in [0.5, 0.6) is 5.75 Å². The number of rotatable bonds is 14. The number of imide groups is 1. The number of nitrogens with one attached hydrogen (secondary N) is 2. The molecule has 3 amide bonds. The van der Waals surface area contributed by atoms with Gasteiger partial charge in [0, 0.05) is 35.6 Å². The highest BCUT2D eigenvalue weighted by Gasteiger charge is 2.43. The number of carboxylic acids is 1. The third kappa shape index (κ3) is 10.8. The third-order valence-electron chi connectivity index (χ3n) is 9.01. The van der Waals surface area contributed by atoms with Gasteiger partial charge in [-0.25, -0.2) is 27.2 Å². The molecule has 1 aliphatic rings. The maximum absolute atomic E-state index is 15.2. The number of halogens is 1. The number of carbonyl (C=O) groups is 4. The summed E-state index contributed by atoms with van der Waals surface area (Å²) in [5.41, 5.74) is -1.02. The average Bonchev–Trinajstić information content (AvgIpc) is 3.99. The number of aromatic nitrogens is 1. The first kappa shape index (κ1) is 44.3. The number of nitrogens with zero attached hydrogens (tertiary/aromatic N) is 3. The minimum Gasteiger partial charge on any atom is -0.496 e. The number of amides is 3. The molecule has 0 aliphatic heterocycles. The lowest BCUT2D eigenvalue weighted by molar-refractivity contribution is -0.139. The van der Waals surface area contributed by atoms with E-state index in [0.29, 0.717) is 45.8 Å². The zero-order valence-corrected chi connectivity index (χ0v) is 35.1. The average molecular weight is 836 g/mol. The minimum atomic E-state index is -3.49. The van der Waals surface area contributed by atoms with Gasteiger partial charge in [0.05, 0.1) is 29.1 Å². The number of anilines is 2. The van der Waals surface area contributed by atoms with Crippen LogP contribution in [0.2, 0.25) is 0 Å². The Morgan fingerprint density at radius 2 is 1.58 bits per heavy atom. The Hall–Kier alpha value is -5.81. The fourth-order valence-electron chi connectivity index (χ4n) is 6.34. The van der Waals surface area contributed by atoms with E-state index in [1.54, 1.807) is 54.7 Å². The molecule has 1 aromatic heterocycles. The molecule has 17 heteroatoms. The van der Waals surface area contributed by atoms with Crippen molar-refractivity contribution in [2.45, 2.75) is 101 Å². The number of hydrazine groups is 1. The summed E-state index contributed by atoms with van der Waals surface area (Å²) in [5.74, 6) is -2.36. The van der Waals surface area contributed by atoms with Crippen LogP contribution in [-0.4, -0.2) is 78.2 Å². The fourth-order valence-corrected chi connectivity index (χ4v) is 8.21. The van der Waals surface area contributed by atoms with Crippen molar-refractivity contribution < 1.29 is 51.3 Å². The van der Waals surface area contributed by atoms with Gasteiger partial charge in [-0.2, -0.15) is 0 Å². The van der Waals surface area contributed by atoms with Crippen LogP contribution in [0.3, 0.4) is 0 Å². The van der Waals surface area contributed by atoms with Gasteiger partial charge in [0.2, 0.25) is 5.91 Å². The second-order valence-corrected chi connectivity index (χ2v) is 18.3. The van der Waals surface area contributed by atoms with Crippen LogP contribution < -0.4 is 20.4 Å². The molecule has 1 unspecified atom stereocenters. The molecule has 5 rings (SSSR count). The van der Waals surface area contributed by atoms with E-state index in [9.17, 15) is 32.7 Å². The Balaban J connectivity index is 1.54. The van der Waals surface area contributed by atoms with Gasteiger partial charge >= 0.3 is 18.2 Å². The largest absolute Gasteiger partial charge is 0.496 e. The van der Waals surface area contributed by atoms with Crippen LogP contribution in [0, 0.1) is 5.82 Å². The summed E-state index contributed by atoms with van der Waals surface area (Å²) in [4.78, 5) is 59.0. The van der Waals surface area contributed by atoms with Crippen molar-refractivity contribution in [2.75, 3.05) is 24.5 Å². The lowest BCUT2D eigenvalue weighted by Crippen LogP contribution is -2.56. The number of methoxy groups -OCH3 is 1. The molecule has 1 atom stereocenters. The fraction of sp³-hybridized carbons (Fsp3) is 0.405. The van der Waals surface area contributed by atoms with Crippen LogP contribution in [0.4, 0.5) is 25.4 Å². The van der Waals surface area contributed by atoms with Gasteiger partial charge in [-0.3, -0.25) is 14.8 Å². The van der Waals surface area contributed by atoms with Crippen molar-refractivity contribution in [1.82, 2.24) is 15.3 Å². The van der Waals surface area contributed by atoms with E-state index in [1.807, 2.05) is 0 Å². The summed E-state index contributed by atoms with van der Waals surface area (Å²) in [7, 11) is -0.385. The number of sulfone groups is 1. The van der Waals surface area contributed by atoms with Gasteiger partial charge in [0.25, 0.3) is 0 Å². The minimum absolute atomic E-state index is 0.0265. The smallest absolute Gasteiger partial charge is 0.439 e. The molecule has 1 heterocycles. The molecule has 3 aromatic carbocycles. The summed E-state index contributed by atoms with van der Waals surface area (Å²) in [6, 6.07) is 11.4. The Morgan fingerprint density at radius 1 is 0.915 bits per heavy atom. The molecule has 0 spiro atoms. The summed E-state index contributed by atoms with van der Waals surface area (Å²) in [5, 5.41) is 18.1. The van der Waals surface area contributed by atoms with Crippen molar-refractivity contribution in [1.29, 1.82) is 0 Å². The van der Waals surface area contributed by atoms with Crippen molar-refractivity contribution in [3.05, 3.63) is 89.5 Å². The molecule has 1 fully saturated rings. The van der Waals surface area contributed by atoms with Gasteiger partial charge < -0.3 is 30.0 Å². The topological polar surface area (TPSA) is 194 Å². The molecule has 4 aromatic rings. The van der Waals surface area contributed by atoms with Crippen molar-refractivity contribution in [3.63, 3.8) is 0 Å². The predicted molar refractivity (Wildman–Crippen MR) is 218 cm³/mol. The molecule has 1 saturated carbocycles. The Labute approximate surface area is 342 Å². The van der Waals surface area contributed by atoms with Crippen LogP contribution in [0.15, 0.2) is 71.9 Å². The zero-order valence-electron chi connectivity index (χ0n) is 34.3. The molecule has 59 heavy (non-hydrogen) atoms. The van der Waals surface area contributed by atoms with Crippen molar-refractivity contribution in [3.8, 4) is 5.75 Å². The molecule has 1 aliphatic carbocycles. The van der Waals surface area contributed by atoms with Crippen LogP contribution in [-0.2, 0) is 41.9 Å². The number of pyridine rings is 1. The van der Waals surface area contributed by atoms with E-state index in [-0.39, 0.29) is 40.9 Å². The second kappa shape index (κ2) is 17.6. The normalized spacial score (nSPS) is 13.6. The third-order valence-corrected chi connectivity index (χ3v) is 11.4. The number of benzene rings is 3. The molecule has 0 bridgehead atoms. The number of aliphatic carboxylic acids is 1. The molecular weight excluding hydrogens is 786 g/mol. The Morgan fingerprint density at radius 3 is 2.15 bits per heavy atom. The lowest BCUT2D eigenvalue weighted by atomic mass is 9.99. The van der Waals surface area contributed by atoms with E-state index < -0.39 is 62.2 Å². The molecule has 15 nitrogen and oxygen atoms in total. The number of carbonyl (C=O) groups excluding carboxylic acids is 3. The first-order valence-corrected chi connectivity index (χ1v) is 20.5. The van der Waals surface area contributed by atoms with Crippen LogP contribution in [0.25, 0.3) is 10.8 Å². The number of hydrogen-bond acceptors (Lipinski definition) is 12. The monoisotopic (exact) mass is 835 g/mol. The van der Waals surface area contributed by atoms with Gasteiger partial charge in [-0.15, -0.1) is 5.01 Å². The van der Waals surface area contributed by atoms with Gasteiger partial charge in [-0.1, -0.05) is 12.1 Å². The predicted octanol–water partition coefficient (Wildman–Crippen LogP) is 7.33. The van der Waals surface area contributed by atoms with Gasteiger partial charge in [0.1, 0.15) is 22.8 Å². The molecule has 0 radical (unpaired) electrons. The zero-order chi connectivity index (χ0) is 43.4. The van der Waals surface area contributed by atoms with Crippen LogP contribution in [0.1, 0.15) is 83.5 Å². The van der Waals surface area contributed by atoms with Gasteiger partial charge in [0.15, 0.2) is 15.9 Å².